The highest BCUT2D eigenvalue weighted by Gasteiger charge is 2.10. The first-order valence-corrected chi connectivity index (χ1v) is 7.05. The Labute approximate surface area is 114 Å². The number of hydrogen-bond acceptors (Lipinski definition) is 2. The third-order valence-electron chi connectivity index (χ3n) is 2.84. The van der Waals surface area contributed by atoms with E-state index in [9.17, 15) is 4.21 Å². The maximum atomic E-state index is 12.3. The van der Waals surface area contributed by atoms with Crippen molar-refractivity contribution in [2.45, 2.75) is 4.90 Å². The molecular weight excluding hydrogens is 256 g/mol. The summed E-state index contributed by atoms with van der Waals surface area (Å²) in [4.78, 5) is 0.696. The van der Waals surface area contributed by atoms with Crippen molar-refractivity contribution in [3.05, 3.63) is 72.8 Å². The average Bonchev–Trinajstić information content (AvgIpc) is 2.47. The van der Waals surface area contributed by atoms with E-state index in [2.05, 4.69) is 0 Å². The van der Waals surface area contributed by atoms with Crippen LogP contribution in [-0.4, -0.2) is 4.21 Å². The van der Waals surface area contributed by atoms with Gasteiger partial charge in [-0.1, -0.05) is 54.6 Å². The van der Waals surface area contributed by atoms with Crippen molar-refractivity contribution in [2.75, 3.05) is 0 Å². The van der Waals surface area contributed by atoms with Gasteiger partial charge in [0, 0.05) is 5.39 Å². The minimum Gasteiger partial charge on any atom is -0.397 e. The van der Waals surface area contributed by atoms with Gasteiger partial charge in [-0.3, -0.25) is 0 Å². The lowest BCUT2D eigenvalue weighted by molar-refractivity contribution is 0.563. The summed E-state index contributed by atoms with van der Waals surface area (Å²) in [5.41, 5.74) is 0. The predicted molar refractivity (Wildman–Crippen MR) is 77.4 cm³/mol. The molecule has 3 aromatic rings. The molecule has 0 aliphatic carbocycles. The molecule has 1 unspecified atom stereocenters. The van der Waals surface area contributed by atoms with Gasteiger partial charge in [0.15, 0.2) is 0 Å². The second-order valence-corrected chi connectivity index (χ2v) is 5.18. The molecule has 94 valence electrons. The topological polar surface area (TPSA) is 26.3 Å². The van der Waals surface area contributed by atoms with Crippen molar-refractivity contribution in [1.29, 1.82) is 0 Å². The van der Waals surface area contributed by atoms with Crippen LogP contribution in [0.3, 0.4) is 0 Å². The van der Waals surface area contributed by atoms with Crippen LogP contribution in [0.5, 0.6) is 5.75 Å². The van der Waals surface area contributed by atoms with Gasteiger partial charge in [-0.05, 0) is 23.6 Å². The summed E-state index contributed by atoms with van der Waals surface area (Å²) in [6, 6.07) is 22.8. The molecule has 0 fully saturated rings. The zero-order valence-electron chi connectivity index (χ0n) is 10.2. The largest absolute Gasteiger partial charge is 0.397 e. The van der Waals surface area contributed by atoms with Crippen molar-refractivity contribution >= 4 is 21.9 Å². The average molecular weight is 268 g/mol. The van der Waals surface area contributed by atoms with Crippen LogP contribution in [0.1, 0.15) is 0 Å². The number of para-hydroxylation sites is 1. The molecule has 19 heavy (non-hydrogen) atoms. The summed E-state index contributed by atoms with van der Waals surface area (Å²) < 4.78 is 17.8. The van der Waals surface area contributed by atoms with Crippen LogP contribution in [0.15, 0.2) is 77.7 Å². The van der Waals surface area contributed by atoms with E-state index in [1.165, 1.54) is 0 Å². The molecule has 0 aliphatic rings. The Bertz CT molecular complexity index is 718. The Balaban J connectivity index is 1.98. The van der Waals surface area contributed by atoms with E-state index in [-0.39, 0.29) is 0 Å². The molecule has 0 heterocycles. The van der Waals surface area contributed by atoms with E-state index < -0.39 is 11.1 Å². The Kier molecular flexibility index (Phi) is 3.29. The van der Waals surface area contributed by atoms with Gasteiger partial charge in [0.05, 0.1) is 4.90 Å². The van der Waals surface area contributed by atoms with Crippen molar-refractivity contribution in [3.8, 4) is 5.75 Å². The number of fused-ring (bicyclic) bond motifs is 1. The zero-order chi connectivity index (χ0) is 13.1. The molecule has 0 radical (unpaired) electrons. The lowest BCUT2D eigenvalue weighted by Gasteiger charge is -2.07. The fraction of sp³-hybridized carbons (Fsp3) is 0. The molecule has 0 saturated carbocycles. The summed E-state index contributed by atoms with van der Waals surface area (Å²) in [5, 5.41) is 2.02. The van der Waals surface area contributed by atoms with Crippen molar-refractivity contribution in [1.82, 2.24) is 0 Å². The van der Waals surface area contributed by atoms with Crippen LogP contribution in [0, 0.1) is 0 Å². The van der Waals surface area contributed by atoms with Gasteiger partial charge in [0.1, 0.15) is 5.75 Å². The molecule has 2 nitrogen and oxygen atoms in total. The first-order chi connectivity index (χ1) is 9.34. The molecule has 3 aromatic carbocycles. The number of rotatable bonds is 3. The van der Waals surface area contributed by atoms with Gasteiger partial charge in [0.25, 0.3) is 0 Å². The Morgan fingerprint density at radius 2 is 1.42 bits per heavy atom. The van der Waals surface area contributed by atoms with Gasteiger partial charge >= 0.3 is 0 Å². The second-order valence-electron chi connectivity index (χ2n) is 4.11. The van der Waals surface area contributed by atoms with Crippen LogP contribution in [0.2, 0.25) is 0 Å². The lowest BCUT2D eigenvalue weighted by Crippen LogP contribution is -2.01. The summed E-state index contributed by atoms with van der Waals surface area (Å²) >= 11 is -1.51. The lowest BCUT2D eigenvalue weighted by atomic mass is 10.1. The molecule has 0 bridgehead atoms. The van der Waals surface area contributed by atoms with E-state index in [1.54, 1.807) is 12.1 Å². The van der Waals surface area contributed by atoms with Gasteiger partial charge in [-0.15, -0.1) is 0 Å². The van der Waals surface area contributed by atoms with Gasteiger partial charge in [-0.2, -0.15) is 0 Å². The van der Waals surface area contributed by atoms with Gasteiger partial charge in [-0.25, -0.2) is 4.21 Å². The first kappa shape index (κ1) is 11.9. The molecular formula is C16H12O2S. The fourth-order valence-electron chi connectivity index (χ4n) is 1.95. The molecule has 0 spiro atoms. The third kappa shape index (κ3) is 2.51. The van der Waals surface area contributed by atoms with Crippen LogP contribution in [-0.2, 0) is 11.1 Å². The summed E-state index contributed by atoms with van der Waals surface area (Å²) in [5.74, 6) is 0.605. The van der Waals surface area contributed by atoms with Crippen molar-refractivity contribution < 1.29 is 8.39 Å². The van der Waals surface area contributed by atoms with Crippen LogP contribution < -0.4 is 4.18 Å². The second kappa shape index (κ2) is 5.24. The maximum absolute atomic E-state index is 12.3. The third-order valence-corrected chi connectivity index (χ3v) is 3.90. The molecule has 0 aromatic heterocycles. The normalized spacial score (nSPS) is 12.2. The van der Waals surface area contributed by atoms with E-state index in [0.29, 0.717) is 10.6 Å². The van der Waals surface area contributed by atoms with E-state index in [4.69, 9.17) is 4.18 Å². The van der Waals surface area contributed by atoms with Gasteiger partial charge < -0.3 is 4.18 Å². The van der Waals surface area contributed by atoms with E-state index >= 15 is 0 Å². The standard InChI is InChI=1S/C16H12O2S/c17-19(18-14-9-2-1-3-10-14)16-12-6-8-13-7-4-5-11-15(13)16/h1-12H. The maximum Gasteiger partial charge on any atom is 0.241 e. The fourth-order valence-corrected chi connectivity index (χ4v) is 2.88. The minimum atomic E-state index is -1.51. The summed E-state index contributed by atoms with van der Waals surface area (Å²) in [7, 11) is 0. The molecule has 3 rings (SSSR count). The van der Waals surface area contributed by atoms with Crippen LogP contribution >= 0.6 is 0 Å². The summed E-state index contributed by atoms with van der Waals surface area (Å²) in [6.07, 6.45) is 0. The van der Waals surface area contributed by atoms with Crippen molar-refractivity contribution in [2.24, 2.45) is 0 Å². The Morgan fingerprint density at radius 1 is 0.737 bits per heavy atom. The van der Waals surface area contributed by atoms with E-state index in [1.807, 2.05) is 60.7 Å². The van der Waals surface area contributed by atoms with Crippen LogP contribution in [0.4, 0.5) is 0 Å². The monoisotopic (exact) mass is 268 g/mol. The highest BCUT2D eigenvalue weighted by Crippen LogP contribution is 2.23. The first-order valence-electron chi connectivity index (χ1n) is 5.97. The highest BCUT2D eigenvalue weighted by molar-refractivity contribution is 7.80. The molecule has 3 heteroatoms. The molecule has 0 amide bonds. The highest BCUT2D eigenvalue weighted by atomic mass is 32.2. The molecule has 1 atom stereocenters. The molecule has 0 N–H and O–H groups in total. The number of hydrogen-bond donors (Lipinski definition) is 0. The SMILES string of the molecule is O=S(Oc1ccccc1)c1cccc2ccccc12. The smallest absolute Gasteiger partial charge is 0.241 e. The quantitative estimate of drug-likeness (QED) is 0.719. The predicted octanol–water partition coefficient (Wildman–Crippen LogP) is 3.94. The Morgan fingerprint density at radius 3 is 2.26 bits per heavy atom. The zero-order valence-corrected chi connectivity index (χ0v) is 11.0. The number of benzene rings is 3. The van der Waals surface area contributed by atoms with Gasteiger partial charge in [0.2, 0.25) is 11.1 Å². The summed E-state index contributed by atoms with van der Waals surface area (Å²) in [6.45, 7) is 0. The van der Waals surface area contributed by atoms with Crippen molar-refractivity contribution in [3.63, 3.8) is 0 Å². The minimum absolute atomic E-state index is 0.605. The molecule has 0 saturated heterocycles. The van der Waals surface area contributed by atoms with Crippen LogP contribution in [0.25, 0.3) is 10.8 Å². The Hall–Kier alpha value is -2.13. The molecule has 0 aliphatic heterocycles. The van der Waals surface area contributed by atoms with E-state index in [0.717, 1.165) is 10.8 Å².